The summed E-state index contributed by atoms with van der Waals surface area (Å²) in [6.07, 6.45) is 1.11. The standard InChI is InChI=1S/C23H24ClFN4O5S/c24-16-3-1-15(2-4-16)13-27-23(31)19-14-26-21-18(22(19)30)11-17(12-20(21)25)35(32,33)28-5-6-29-7-9-34-10-8-29/h1-4,11-12,14,28H,5-10,13H2,(H,26,30)(H,27,31). The third-order valence-electron chi connectivity index (χ3n) is 5.66. The van der Waals surface area contributed by atoms with Crippen LogP contribution in [0.1, 0.15) is 15.9 Å². The second-order valence-corrected chi connectivity index (χ2v) is 10.2. The Labute approximate surface area is 206 Å². The molecule has 1 fully saturated rings. The summed E-state index contributed by atoms with van der Waals surface area (Å²) in [6, 6.07) is 8.72. The number of pyridine rings is 1. The van der Waals surface area contributed by atoms with Crippen LogP contribution < -0.4 is 15.5 Å². The number of halogens is 2. The van der Waals surface area contributed by atoms with E-state index in [1.54, 1.807) is 24.3 Å². The van der Waals surface area contributed by atoms with Gasteiger partial charge in [0.1, 0.15) is 11.4 Å². The van der Waals surface area contributed by atoms with Crippen molar-refractivity contribution in [2.75, 3.05) is 39.4 Å². The number of nitrogens with zero attached hydrogens (tertiary/aromatic N) is 1. The number of sulfonamides is 1. The van der Waals surface area contributed by atoms with Crippen molar-refractivity contribution in [2.24, 2.45) is 0 Å². The van der Waals surface area contributed by atoms with Gasteiger partial charge in [-0.2, -0.15) is 0 Å². The van der Waals surface area contributed by atoms with Crippen LogP contribution in [0.4, 0.5) is 4.39 Å². The molecule has 2 heterocycles. The van der Waals surface area contributed by atoms with Gasteiger partial charge < -0.3 is 15.0 Å². The number of ether oxygens (including phenoxy) is 1. The van der Waals surface area contributed by atoms with E-state index in [0.29, 0.717) is 37.9 Å². The van der Waals surface area contributed by atoms with Crippen LogP contribution in [0.25, 0.3) is 10.9 Å². The molecule has 186 valence electrons. The van der Waals surface area contributed by atoms with Crippen LogP contribution in [0, 0.1) is 5.82 Å². The third-order valence-corrected chi connectivity index (χ3v) is 7.35. The van der Waals surface area contributed by atoms with Crippen LogP contribution in [0.2, 0.25) is 5.02 Å². The molecule has 0 spiro atoms. The highest BCUT2D eigenvalue weighted by Gasteiger charge is 2.21. The number of H-pyrrole nitrogens is 1. The number of hydrogen-bond acceptors (Lipinski definition) is 6. The highest BCUT2D eigenvalue weighted by molar-refractivity contribution is 7.89. The van der Waals surface area contributed by atoms with Gasteiger partial charge in [-0.05, 0) is 29.8 Å². The van der Waals surface area contributed by atoms with E-state index in [-0.39, 0.29) is 29.6 Å². The smallest absolute Gasteiger partial charge is 0.257 e. The van der Waals surface area contributed by atoms with Crippen LogP contribution in [-0.4, -0.2) is 63.6 Å². The van der Waals surface area contributed by atoms with Crippen LogP contribution in [0.3, 0.4) is 0 Å². The molecule has 35 heavy (non-hydrogen) atoms. The fourth-order valence-electron chi connectivity index (χ4n) is 3.71. The maximum atomic E-state index is 14.7. The second kappa shape index (κ2) is 10.8. The van der Waals surface area contributed by atoms with Gasteiger partial charge in [0.25, 0.3) is 5.91 Å². The molecular weight excluding hydrogens is 499 g/mol. The van der Waals surface area contributed by atoms with Gasteiger partial charge in [-0.3, -0.25) is 14.5 Å². The number of amides is 1. The van der Waals surface area contributed by atoms with Gasteiger partial charge in [-0.15, -0.1) is 0 Å². The average Bonchev–Trinajstić information content (AvgIpc) is 2.84. The van der Waals surface area contributed by atoms with Gasteiger partial charge in [-0.25, -0.2) is 17.5 Å². The number of fused-ring (bicyclic) bond motifs is 1. The molecule has 0 saturated carbocycles. The number of aromatic amines is 1. The number of nitrogens with one attached hydrogen (secondary N) is 3. The normalized spacial score (nSPS) is 14.8. The van der Waals surface area contributed by atoms with Crippen LogP contribution >= 0.6 is 11.6 Å². The number of morpholine rings is 1. The Hall–Kier alpha value is -2.83. The SMILES string of the molecule is O=C(NCc1ccc(Cl)cc1)c1c[nH]c2c(F)cc(S(=O)(=O)NCCN3CCOCC3)cc2c1=O. The molecule has 2 aromatic carbocycles. The van der Waals surface area contributed by atoms with E-state index in [0.717, 1.165) is 23.9 Å². The van der Waals surface area contributed by atoms with Gasteiger partial charge in [0.05, 0.1) is 29.0 Å². The number of hydrogen-bond donors (Lipinski definition) is 3. The Morgan fingerprint density at radius 1 is 1.17 bits per heavy atom. The Morgan fingerprint density at radius 2 is 1.89 bits per heavy atom. The first-order chi connectivity index (χ1) is 16.7. The van der Waals surface area contributed by atoms with Crippen molar-refractivity contribution in [1.29, 1.82) is 0 Å². The number of benzene rings is 2. The molecule has 1 amide bonds. The van der Waals surface area contributed by atoms with E-state index in [1.165, 1.54) is 0 Å². The van der Waals surface area contributed by atoms with E-state index in [1.807, 2.05) is 4.90 Å². The van der Waals surface area contributed by atoms with Crippen molar-refractivity contribution < 1.29 is 22.3 Å². The molecule has 0 radical (unpaired) electrons. The highest BCUT2D eigenvalue weighted by Crippen LogP contribution is 2.19. The predicted molar refractivity (Wildman–Crippen MR) is 130 cm³/mol. The first-order valence-corrected chi connectivity index (χ1v) is 12.8. The van der Waals surface area contributed by atoms with Gasteiger partial charge in [0.15, 0.2) is 0 Å². The van der Waals surface area contributed by atoms with Crippen molar-refractivity contribution in [3.8, 4) is 0 Å². The third kappa shape index (κ3) is 6.06. The molecule has 4 rings (SSSR count). The summed E-state index contributed by atoms with van der Waals surface area (Å²) in [6.45, 7) is 3.29. The lowest BCUT2D eigenvalue weighted by atomic mass is 10.1. The van der Waals surface area contributed by atoms with E-state index >= 15 is 0 Å². The minimum atomic E-state index is -4.09. The Bertz CT molecular complexity index is 1390. The highest BCUT2D eigenvalue weighted by atomic mass is 35.5. The molecule has 0 bridgehead atoms. The van der Waals surface area contributed by atoms with Crippen LogP contribution in [-0.2, 0) is 21.3 Å². The summed E-state index contributed by atoms with van der Waals surface area (Å²) in [5.74, 6) is -1.60. The van der Waals surface area contributed by atoms with E-state index in [4.69, 9.17) is 16.3 Å². The van der Waals surface area contributed by atoms with Crippen molar-refractivity contribution in [3.63, 3.8) is 0 Å². The summed E-state index contributed by atoms with van der Waals surface area (Å²) in [5, 5.41) is 2.93. The van der Waals surface area contributed by atoms with Gasteiger partial charge >= 0.3 is 0 Å². The van der Waals surface area contributed by atoms with E-state index < -0.39 is 32.1 Å². The minimum absolute atomic E-state index is 0.117. The zero-order valence-corrected chi connectivity index (χ0v) is 20.2. The summed E-state index contributed by atoms with van der Waals surface area (Å²) in [7, 11) is -4.09. The van der Waals surface area contributed by atoms with Crippen molar-refractivity contribution >= 4 is 38.4 Å². The maximum absolute atomic E-state index is 14.7. The molecule has 3 N–H and O–H groups in total. The quantitative estimate of drug-likeness (QED) is 0.415. The monoisotopic (exact) mass is 522 g/mol. The fraction of sp³-hybridized carbons (Fsp3) is 0.304. The van der Waals surface area contributed by atoms with E-state index in [2.05, 4.69) is 15.0 Å². The van der Waals surface area contributed by atoms with Crippen molar-refractivity contribution in [1.82, 2.24) is 19.9 Å². The van der Waals surface area contributed by atoms with Crippen molar-refractivity contribution in [3.05, 3.63) is 74.8 Å². The Kier molecular flexibility index (Phi) is 7.82. The maximum Gasteiger partial charge on any atom is 0.257 e. The Morgan fingerprint density at radius 3 is 2.60 bits per heavy atom. The molecule has 0 atom stereocenters. The zero-order valence-electron chi connectivity index (χ0n) is 18.6. The summed E-state index contributed by atoms with van der Waals surface area (Å²) < 4.78 is 47.9. The summed E-state index contributed by atoms with van der Waals surface area (Å²) in [5.41, 5.74) is -0.462. The molecule has 3 aromatic rings. The molecule has 12 heteroatoms. The number of rotatable bonds is 8. The number of aromatic nitrogens is 1. The van der Waals surface area contributed by atoms with Crippen LogP contribution in [0.5, 0.6) is 0 Å². The topological polar surface area (TPSA) is 121 Å². The largest absolute Gasteiger partial charge is 0.379 e. The lowest BCUT2D eigenvalue weighted by Crippen LogP contribution is -2.41. The zero-order chi connectivity index (χ0) is 25.0. The van der Waals surface area contributed by atoms with Gasteiger partial charge in [0.2, 0.25) is 15.5 Å². The molecule has 1 aromatic heterocycles. The number of carbonyl (C=O) groups is 1. The average molecular weight is 523 g/mol. The second-order valence-electron chi connectivity index (χ2n) is 8.02. The fourth-order valence-corrected chi connectivity index (χ4v) is 4.90. The molecule has 0 aliphatic carbocycles. The minimum Gasteiger partial charge on any atom is -0.379 e. The number of carbonyl (C=O) groups excluding carboxylic acids is 1. The summed E-state index contributed by atoms with van der Waals surface area (Å²) >= 11 is 5.85. The first-order valence-electron chi connectivity index (χ1n) is 10.9. The first kappa shape index (κ1) is 25.3. The van der Waals surface area contributed by atoms with E-state index in [9.17, 15) is 22.4 Å². The Balaban J connectivity index is 1.53. The molecule has 9 nitrogen and oxygen atoms in total. The van der Waals surface area contributed by atoms with Crippen molar-refractivity contribution in [2.45, 2.75) is 11.4 Å². The molecule has 1 saturated heterocycles. The molecule has 1 aliphatic heterocycles. The molecular formula is C23H24ClFN4O5S. The van der Waals surface area contributed by atoms with Crippen LogP contribution in [0.15, 0.2) is 52.3 Å². The summed E-state index contributed by atoms with van der Waals surface area (Å²) in [4.78, 5) is 29.8. The lowest BCUT2D eigenvalue weighted by molar-refractivity contribution is 0.0390. The predicted octanol–water partition coefficient (Wildman–Crippen LogP) is 1.86. The molecule has 1 aliphatic rings. The van der Waals surface area contributed by atoms with Gasteiger partial charge in [-0.1, -0.05) is 23.7 Å². The lowest BCUT2D eigenvalue weighted by Gasteiger charge is -2.26. The van der Waals surface area contributed by atoms with Gasteiger partial charge in [0, 0.05) is 43.9 Å². The molecule has 0 unspecified atom stereocenters.